The minimum Gasteiger partial charge on any atom is -0.465 e. The molecule has 0 aromatic carbocycles. The molecule has 0 radical (unpaired) electrons. The fourth-order valence-corrected chi connectivity index (χ4v) is 1.01. The van der Waals surface area contributed by atoms with E-state index < -0.39 is 18.2 Å². The van der Waals surface area contributed by atoms with Crippen LogP contribution >= 0.6 is 0 Å². The first kappa shape index (κ1) is 13.8. The molecule has 18 heavy (non-hydrogen) atoms. The summed E-state index contributed by atoms with van der Waals surface area (Å²) in [6, 6.07) is 3.39. The van der Waals surface area contributed by atoms with Gasteiger partial charge in [0.25, 0.3) is 0 Å². The Balaban J connectivity index is 2.40. The predicted octanol–water partition coefficient (Wildman–Crippen LogP) is 2.30. The molecule has 0 amide bonds. The van der Waals surface area contributed by atoms with Gasteiger partial charge in [-0.25, -0.2) is 9.59 Å². The third-order valence-electron chi connectivity index (χ3n) is 1.83. The largest absolute Gasteiger partial charge is 0.465 e. The number of rotatable bonds is 5. The number of ether oxygens (including phenoxy) is 2. The van der Waals surface area contributed by atoms with Crippen molar-refractivity contribution in [3.8, 4) is 0 Å². The molecule has 0 aliphatic heterocycles. The van der Waals surface area contributed by atoms with Gasteiger partial charge in [-0.15, -0.1) is 0 Å². The summed E-state index contributed by atoms with van der Waals surface area (Å²) in [7, 11) is 0. The van der Waals surface area contributed by atoms with Crippen LogP contribution in [0.4, 0.5) is 0 Å². The molecule has 0 spiro atoms. The van der Waals surface area contributed by atoms with Crippen molar-refractivity contribution < 1.29 is 23.5 Å². The van der Waals surface area contributed by atoms with Crippen LogP contribution in [0.2, 0.25) is 0 Å². The molecular formula is C13H14O5. The lowest BCUT2D eigenvalue weighted by Gasteiger charge is -2.12. The highest BCUT2D eigenvalue weighted by molar-refractivity contribution is 5.88. The third kappa shape index (κ3) is 4.69. The van der Waals surface area contributed by atoms with Gasteiger partial charge in [0.15, 0.2) is 0 Å². The van der Waals surface area contributed by atoms with Gasteiger partial charge < -0.3 is 13.9 Å². The van der Waals surface area contributed by atoms with E-state index in [-0.39, 0.29) is 5.57 Å². The third-order valence-corrected chi connectivity index (χ3v) is 1.83. The first-order valence-electron chi connectivity index (χ1n) is 5.27. The van der Waals surface area contributed by atoms with Gasteiger partial charge in [0.05, 0.1) is 6.26 Å². The minimum atomic E-state index is -0.969. The predicted molar refractivity (Wildman–Crippen MR) is 64.2 cm³/mol. The van der Waals surface area contributed by atoms with E-state index in [1.807, 2.05) is 0 Å². The molecule has 0 aliphatic carbocycles. The zero-order valence-electron chi connectivity index (χ0n) is 10.2. The average molecular weight is 250 g/mol. The summed E-state index contributed by atoms with van der Waals surface area (Å²) in [5.41, 5.74) is 0.240. The number of furan rings is 1. The second-order valence-electron chi connectivity index (χ2n) is 3.54. The van der Waals surface area contributed by atoms with Gasteiger partial charge in [-0.3, -0.25) is 0 Å². The lowest BCUT2D eigenvalue weighted by molar-refractivity contribution is -0.177. The van der Waals surface area contributed by atoms with E-state index in [2.05, 4.69) is 6.58 Å². The van der Waals surface area contributed by atoms with E-state index in [4.69, 9.17) is 13.9 Å². The van der Waals surface area contributed by atoms with Gasteiger partial charge in [0.1, 0.15) is 5.76 Å². The molecule has 0 aliphatic rings. The van der Waals surface area contributed by atoms with Crippen LogP contribution in [-0.2, 0) is 19.1 Å². The number of carbonyl (C=O) groups is 2. The quantitative estimate of drug-likeness (QED) is 0.455. The second kappa shape index (κ2) is 6.44. The highest BCUT2D eigenvalue weighted by Gasteiger charge is 2.12. The van der Waals surface area contributed by atoms with E-state index in [0.29, 0.717) is 5.76 Å². The summed E-state index contributed by atoms with van der Waals surface area (Å²) in [5.74, 6) is -0.711. The van der Waals surface area contributed by atoms with E-state index in [0.717, 1.165) is 0 Å². The van der Waals surface area contributed by atoms with E-state index >= 15 is 0 Å². The summed E-state index contributed by atoms with van der Waals surface area (Å²) < 4.78 is 14.6. The van der Waals surface area contributed by atoms with Crippen molar-refractivity contribution in [3.63, 3.8) is 0 Å². The fourth-order valence-electron chi connectivity index (χ4n) is 1.01. The lowest BCUT2D eigenvalue weighted by atomic mass is 10.4. The molecule has 5 nitrogen and oxygen atoms in total. The van der Waals surface area contributed by atoms with Gasteiger partial charge in [-0.2, -0.15) is 0 Å². The fraction of sp³-hybridized carbons (Fsp3) is 0.231. The van der Waals surface area contributed by atoms with Crippen LogP contribution in [0.25, 0.3) is 6.08 Å². The zero-order valence-corrected chi connectivity index (χ0v) is 10.2. The molecule has 1 heterocycles. The van der Waals surface area contributed by atoms with Crippen LogP contribution in [0.5, 0.6) is 0 Å². The van der Waals surface area contributed by atoms with Gasteiger partial charge in [-0.05, 0) is 25.1 Å². The molecule has 0 N–H and O–H groups in total. The molecule has 0 saturated heterocycles. The van der Waals surface area contributed by atoms with Crippen molar-refractivity contribution in [1.29, 1.82) is 0 Å². The molecule has 5 heteroatoms. The lowest BCUT2D eigenvalue weighted by Crippen LogP contribution is -2.20. The molecule has 1 unspecified atom stereocenters. The van der Waals surface area contributed by atoms with Gasteiger partial charge in [-0.1, -0.05) is 6.58 Å². The van der Waals surface area contributed by atoms with E-state index in [9.17, 15) is 9.59 Å². The molecule has 1 atom stereocenters. The first-order valence-corrected chi connectivity index (χ1v) is 5.27. The maximum absolute atomic E-state index is 11.3. The summed E-state index contributed by atoms with van der Waals surface area (Å²) in [5, 5.41) is 0. The van der Waals surface area contributed by atoms with Crippen LogP contribution in [0.1, 0.15) is 19.6 Å². The Morgan fingerprint density at radius 3 is 2.72 bits per heavy atom. The molecule has 0 fully saturated rings. The number of hydrogen-bond donors (Lipinski definition) is 0. The Labute approximate surface area is 105 Å². The maximum Gasteiger partial charge on any atom is 0.336 e. The topological polar surface area (TPSA) is 65.7 Å². The van der Waals surface area contributed by atoms with Gasteiger partial charge in [0.2, 0.25) is 6.29 Å². The Bertz CT molecular complexity index is 456. The number of hydrogen-bond acceptors (Lipinski definition) is 5. The molecular weight excluding hydrogens is 236 g/mol. The van der Waals surface area contributed by atoms with Crippen LogP contribution in [0, 0.1) is 0 Å². The van der Waals surface area contributed by atoms with E-state index in [1.54, 1.807) is 12.1 Å². The monoisotopic (exact) mass is 250 g/mol. The van der Waals surface area contributed by atoms with Crippen molar-refractivity contribution in [2.75, 3.05) is 0 Å². The van der Waals surface area contributed by atoms with Crippen LogP contribution in [0.15, 0.2) is 41.0 Å². The summed E-state index contributed by atoms with van der Waals surface area (Å²) in [6.07, 6.45) is 3.16. The normalized spacial score (nSPS) is 12.1. The summed E-state index contributed by atoms with van der Waals surface area (Å²) >= 11 is 0. The van der Waals surface area contributed by atoms with Gasteiger partial charge >= 0.3 is 11.9 Å². The smallest absolute Gasteiger partial charge is 0.336 e. The van der Waals surface area contributed by atoms with Gasteiger partial charge in [0, 0.05) is 18.6 Å². The van der Waals surface area contributed by atoms with Crippen LogP contribution in [-0.4, -0.2) is 18.2 Å². The average Bonchev–Trinajstić information content (AvgIpc) is 2.78. The van der Waals surface area contributed by atoms with E-state index in [1.165, 1.54) is 32.3 Å². The van der Waals surface area contributed by atoms with Crippen molar-refractivity contribution in [1.82, 2.24) is 0 Å². The van der Waals surface area contributed by atoms with Crippen molar-refractivity contribution in [2.45, 2.75) is 20.1 Å². The maximum atomic E-state index is 11.3. The standard InChI is InChI=1S/C13H14O5/c1-9(2)13(15)18-10(3)17-12(14)7-6-11-5-4-8-16-11/h4-8,10H,1H2,2-3H3/b7-6+. The molecule has 1 aromatic rings. The Kier molecular flexibility index (Phi) is 4.92. The zero-order chi connectivity index (χ0) is 13.5. The summed E-state index contributed by atoms with van der Waals surface area (Å²) in [6.45, 7) is 6.37. The van der Waals surface area contributed by atoms with Crippen molar-refractivity contribution >= 4 is 18.0 Å². The number of carbonyl (C=O) groups excluding carboxylic acids is 2. The highest BCUT2D eigenvalue weighted by atomic mass is 16.7. The molecule has 96 valence electrons. The molecule has 1 aromatic heterocycles. The minimum absolute atomic E-state index is 0.240. The molecule has 0 saturated carbocycles. The first-order chi connectivity index (χ1) is 8.49. The van der Waals surface area contributed by atoms with Crippen LogP contribution in [0.3, 0.4) is 0 Å². The summed E-state index contributed by atoms with van der Waals surface area (Å²) in [4.78, 5) is 22.5. The number of esters is 2. The SMILES string of the molecule is C=C(C)C(=O)OC(C)OC(=O)/C=C/c1ccco1. The van der Waals surface area contributed by atoms with Crippen LogP contribution < -0.4 is 0 Å². The Morgan fingerprint density at radius 2 is 2.17 bits per heavy atom. The highest BCUT2D eigenvalue weighted by Crippen LogP contribution is 2.04. The Hall–Kier alpha value is -2.30. The van der Waals surface area contributed by atoms with Crippen molar-refractivity contribution in [3.05, 3.63) is 42.4 Å². The van der Waals surface area contributed by atoms with Crippen molar-refractivity contribution in [2.24, 2.45) is 0 Å². The second-order valence-corrected chi connectivity index (χ2v) is 3.54. The Morgan fingerprint density at radius 1 is 1.44 bits per heavy atom. The molecule has 0 bridgehead atoms. The molecule has 1 rings (SSSR count).